The summed E-state index contributed by atoms with van der Waals surface area (Å²) in [6, 6.07) is 12.6. The minimum absolute atomic E-state index is 0.109. The Hall–Kier alpha value is -2.40. The van der Waals surface area contributed by atoms with Crippen LogP contribution < -0.4 is 0 Å². The second-order valence-corrected chi connectivity index (χ2v) is 8.09. The Labute approximate surface area is 161 Å². The van der Waals surface area contributed by atoms with E-state index in [2.05, 4.69) is 15.9 Å². The molecule has 0 fully saturated rings. The fourth-order valence-corrected chi connectivity index (χ4v) is 3.08. The Morgan fingerprint density at radius 3 is 2.35 bits per heavy atom. The van der Waals surface area contributed by atoms with Crippen LogP contribution >= 0.6 is 15.9 Å². The van der Waals surface area contributed by atoms with Gasteiger partial charge in [-0.1, -0.05) is 22.0 Å². The third kappa shape index (κ3) is 4.22. The van der Waals surface area contributed by atoms with Crippen LogP contribution in [0.4, 0.5) is 0 Å². The molecule has 26 heavy (non-hydrogen) atoms. The van der Waals surface area contributed by atoms with Crippen molar-refractivity contribution in [2.75, 3.05) is 0 Å². The molecular formula is C21H20BrNO3. The number of ether oxygens (including phenoxy) is 1. The second-order valence-electron chi connectivity index (χ2n) is 7.17. The van der Waals surface area contributed by atoms with Crippen LogP contribution in [0, 0.1) is 0 Å². The van der Waals surface area contributed by atoms with E-state index in [-0.39, 0.29) is 5.91 Å². The molecule has 1 heterocycles. The first-order valence-corrected chi connectivity index (χ1v) is 9.13. The maximum absolute atomic E-state index is 12.8. The molecule has 1 aliphatic heterocycles. The van der Waals surface area contributed by atoms with Crippen LogP contribution in [0.5, 0.6) is 0 Å². The molecule has 3 rings (SSSR count). The summed E-state index contributed by atoms with van der Waals surface area (Å²) in [5.74, 6) is -0.504. The molecule has 0 unspecified atom stereocenters. The van der Waals surface area contributed by atoms with Gasteiger partial charge in [0.2, 0.25) is 0 Å². The normalized spacial score (nSPS) is 13.3. The van der Waals surface area contributed by atoms with E-state index in [9.17, 15) is 9.59 Å². The third-order valence-corrected chi connectivity index (χ3v) is 4.40. The van der Waals surface area contributed by atoms with Gasteiger partial charge in [0, 0.05) is 16.2 Å². The van der Waals surface area contributed by atoms with Gasteiger partial charge in [0.05, 0.1) is 12.1 Å². The Morgan fingerprint density at radius 2 is 1.69 bits per heavy atom. The molecule has 2 aromatic carbocycles. The summed E-state index contributed by atoms with van der Waals surface area (Å²) in [6.07, 6.45) is 3.72. The van der Waals surface area contributed by atoms with E-state index in [1.54, 1.807) is 35.4 Å². The largest absolute Gasteiger partial charge is 0.456 e. The molecule has 0 aliphatic carbocycles. The second kappa shape index (κ2) is 7.08. The maximum Gasteiger partial charge on any atom is 0.338 e. The minimum atomic E-state index is -0.550. The molecule has 0 radical (unpaired) electrons. The predicted molar refractivity (Wildman–Crippen MR) is 105 cm³/mol. The number of benzene rings is 2. The molecule has 5 heteroatoms. The lowest BCUT2D eigenvalue weighted by molar-refractivity contribution is 0.00693. The van der Waals surface area contributed by atoms with Crippen molar-refractivity contribution < 1.29 is 14.3 Å². The standard InChI is InChI=1S/C21H20BrNO3/c1-21(2,3)26-20(25)16-6-4-15(5-7-16)19(24)23-11-10-14-8-9-18(22)12-17(14)13-23/h4-12H,13H2,1-3H3. The van der Waals surface area contributed by atoms with Crippen LogP contribution in [0.15, 0.2) is 53.1 Å². The average molecular weight is 414 g/mol. The van der Waals surface area contributed by atoms with Crippen molar-refractivity contribution in [3.63, 3.8) is 0 Å². The number of rotatable bonds is 2. The third-order valence-electron chi connectivity index (χ3n) is 3.91. The molecule has 0 saturated heterocycles. The number of fused-ring (bicyclic) bond motifs is 1. The number of hydrogen-bond acceptors (Lipinski definition) is 3. The molecule has 0 aromatic heterocycles. The zero-order chi connectivity index (χ0) is 18.9. The summed E-state index contributed by atoms with van der Waals surface area (Å²) in [6.45, 7) is 5.98. The van der Waals surface area contributed by atoms with Gasteiger partial charge in [0.25, 0.3) is 5.91 Å². The first kappa shape index (κ1) is 18.4. The highest BCUT2D eigenvalue weighted by atomic mass is 79.9. The number of hydrogen-bond donors (Lipinski definition) is 0. The van der Waals surface area contributed by atoms with E-state index >= 15 is 0 Å². The number of carbonyl (C=O) groups excluding carboxylic acids is 2. The highest BCUT2D eigenvalue weighted by Gasteiger charge is 2.21. The van der Waals surface area contributed by atoms with Crippen LogP contribution in [0.25, 0.3) is 6.08 Å². The zero-order valence-corrected chi connectivity index (χ0v) is 16.5. The van der Waals surface area contributed by atoms with Crippen LogP contribution in [0.2, 0.25) is 0 Å². The van der Waals surface area contributed by atoms with Gasteiger partial charge in [-0.3, -0.25) is 4.79 Å². The highest BCUT2D eigenvalue weighted by molar-refractivity contribution is 9.10. The lowest BCUT2D eigenvalue weighted by Crippen LogP contribution is -2.27. The Balaban J connectivity index is 1.74. The lowest BCUT2D eigenvalue weighted by atomic mass is 10.0. The smallest absolute Gasteiger partial charge is 0.338 e. The molecule has 0 saturated carbocycles. The molecule has 1 amide bonds. The van der Waals surface area contributed by atoms with Gasteiger partial charge in [-0.05, 0) is 74.4 Å². The molecular weight excluding hydrogens is 394 g/mol. The Morgan fingerprint density at radius 1 is 1.04 bits per heavy atom. The topological polar surface area (TPSA) is 46.6 Å². The number of nitrogens with zero attached hydrogens (tertiary/aromatic N) is 1. The molecule has 0 atom stereocenters. The van der Waals surface area contributed by atoms with Crippen LogP contribution in [0.1, 0.15) is 52.6 Å². The Kier molecular flexibility index (Phi) is 5.01. The lowest BCUT2D eigenvalue weighted by Gasteiger charge is -2.24. The van der Waals surface area contributed by atoms with Crippen LogP contribution in [-0.2, 0) is 11.3 Å². The Bertz CT molecular complexity index is 879. The zero-order valence-electron chi connectivity index (χ0n) is 15.0. The van der Waals surface area contributed by atoms with E-state index in [4.69, 9.17) is 4.74 Å². The molecule has 1 aliphatic rings. The monoisotopic (exact) mass is 413 g/mol. The van der Waals surface area contributed by atoms with Crippen molar-refractivity contribution in [1.29, 1.82) is 0 Å². The summed E-state index contributed by atoms with van der Waals surface area (Å²) in [5.41, 5.74) is 2.60. The number of carbonyl (C=O) groups is 2. The summed E-state index contributed by atoms with van der Waals surface area (Å²) in [5, 5.41) is 0. The fourth-order valence-electron chi connectivity index (χ4n) is 2.67. The predicted octanol–water partition coefficient (Wildman–Crippen LogP) is 5.03. The van der Waals surface area contributed by atoms with Crippen molar-refractivity contribution in [2.24, 2.45) is 0 Å². The van der Waals surface area contributed by atoms with Gasteiger partial charge >= 0.3 is 5.97 Å². The van der Waals surface area contributed by atoms with E-state index in [0.29, 0.717) is 17.7 Å². The van der Waals surface area contributed by atoms with Crippen molar-refractivity contribution >= 4 is 33.9 Å². The van der Waals surface area contributed by atoms with E-state index < -0.39 is 11.6 Å². The molecule has 0 N–H and O–H groups in total. The fraction of sp³-hybridized carbons (Fsp3) is 0.238. The minimum Gasteiger partial charge on any atom is -0.456 e. The number of esters is 1. The van der Waals surface area contributed by atoms with Crippen LogP contribution in [-0.4, -0.2) is 22.4 Å². The summed E-state index contributed by atoms with van der Waals surface area (Å²) >= 11 is 3.46. The molecule has 0 spiro atoms. The number of halogens is 1. The van der Waals surface area contributed by atoms with Crippen molar-refractivity contribution in [3.05, 3.63) is 75.4 Å². The van der Waals surface area contributed by atoms with Crippen molar-refractivity contribution in [1.82, 2.24) is 4.90 Å². The van der Waals surface area contributed by atoms with E-state index in [0.717, 1.165) is 15.6 Å². The maximum atomic E-state index is 12.8. The van der Waals surface area contributed by atoms with Gasteiger partial charge in [-0.25, -0.2) is 4.79 Å². The van der Waals surface area contributed by atoms with Gasteiger partial charge in [-0.15, -0.1) is 0 Å². The van der Waals surface area contributed by atoms with Gasteiger partial charge in [-0.2, -0.15) is 0 Å². The number of amides is 1. The van der Waals surface area contributed by atoms with Gasteiger partial charge in [0.1, 0.15) is 5.60 Å². The SMILES string of the molecule is CC(C)(C)OC(=O)c1ccc(C(=O)N2C=Cc3ccc(Br)cc3C2)cc1. The molecule has 4 nitrogen and oxygen atoms in total. The molecule has 0 bridgehead atoms. The van der Waals surface area contributed by atoms with Crippen molar-refractivity contribution in [3.8, 4) is 0 Å². The van der Waals surface area contributed by atoms with Crippen LogP contribution in [0.3, 0.4) is 0 Å². The molecule has 2 aromatic rings. The van der Waals surface area contributed by atoms with Gasteiger partial charge in [0.15, 0.2) is 0 Å². The van der Waals surface area contributed by atoms with Gasteiger partial charge < -0.3 is 9.64 Å². The average Bonchev–Trinajstić information content (AvgIpc) is 2.59. The summed E-state index contributed by atoms with van der Waals surface area (Å²) in [4.78, 5) is 26.5. The van der Waals surface area contributed by atoms with E-state index in [1.807, 2.05) is 45.0 Å². The van der Waals surface area contributed by atoms with Crippen molar-refractivity contribution in [2.45, 2.75) is 32.9 Å². The quantitative estimate of drug-likeness (QED) is 0.648. The highest BCUT2D eigenvalue weighted by Crippen LogP contribution is 2.24. The molecule has 134 valence electrons. The summed E-state index contributed by atoms with van der Waals surface area (Å²) in [7, 11) is 0. The first-order valence-electron chi connectivity index (χ1n) is 8.34. The van der Waals surface area contributed by atoms with E-state index in [1.165, 1.54) is 0 Å². The first-order chi connectivity index (χ1) is 12.2. The summed E-state index contributed by atoms with van der Waals surface area (Å²) < 4.78 is 6.33.